The van der Waals surface area contributed by atoms with Crippen molar-refractivity contribution in [2.75, 3.05) is 6.54 Å². The Morgan fingerprint density at radius 2 is 1.80 bits per heavy atom. The van der Waals surface area contributed by atoms with Crippen LogP contribution in [0.15, 0.2) is 23.1 Å². The van der Waals surface area contributed by atoms with Gasteiger partial charge < -0.3 is 10.2 Å². The average molecular weight is 608 g/mol. The van der Waals surface area contributed by atoms with Crippen LogP contribution in [0.25, 0.3) is 5.69 Å². The Labute approximate surface area is 229 Å². The summed E-state index contributed by atoms with van der Waals surface area (Å²) in [5.41, 5.74) is -5.95. The van der Waals surface area contributed by atoms with Crippen LogP contribution in [-0.2, 0) is 25.6 Å². The second kappa shape index (κ2) is 9.13. The molecule has 2 aliphatic carbocycles. The Morgan fingerprint density at radius 1 is 1.15 bits per heavy atom. The van der Waals surface area contributed by atoms with Crippen LogP contribution in [0.4, 0.5) is 26.3 Å². The van der Waals surface area contributed by atoms with Crippen molar-refractivity contribution in [3.63, 3.8) is 0 Å². The minimum atomic E-state index is -5.20. The predicted octanol–water partition coefficient (Wildman–Crippen LogP) is 2.49. The zero-order valence-corrected chi connectivity index (χ0v) is 21.9. The fourth-order valence-electron chi connectivity index (χ4n) is 4.91. The first-order valence-electron chi connectivity index (χ1n) is 12.3. The topological polar surface area (TPSA) is 151 Å². The van der Waals surface area contributed by atoms with Gasteiger partial charge in [0, 0.05) is 7.97 Å². The monoisotopic (exact) mass is 607 g/mol. The third-order valence-corrected chi connectivity index (χ3v) is 9.80. The summed E-state index contributed by atoms with van der Waals surface area (Å²) < 4.78 is 111. The average Bonchev–Trinajstić information content (AvgIpc) is 3.77. The summed E-state index contributed by atoms with van der Waals surface area (Å²) in [7, 11) is -4.98. The first-order chi connectivity index (χ1) is 18.9. The Balaban J connectivity index is 0.00000405. The number of nitrogens with one attached hydrogen (secondary N) is 1. The number of nitriles is 1. The van der Waals surface area contributed by atoms with Crippen molar-refractivity contribution < 1.29 is 45.8 Å². The highest BCUT2D eigenvalue weighted by atomic mass is 32.2. The van der Waals surface area contributed by atoms with Gasteiger partial charge in [0.1, 0.15) is 17.0 Å². The Bertz CT molecular complexity index is 1580. The zero-order chi connectivity index (χ0) is 30.2. The normalized spacial score (nSPS) is 23.1. The van der Waals surface area contributed by atoms with E-state index in [0.717, 1.165) is 10.9 Å². The number of sulfone groups is 1. The van der Waals surface area contributed by atoms with E-state index in [0.29, 0.717) is 17.0 Å². The summed E-state index contributed by atoms with van der Waals surface area (Å²) in [5, 5.41) is 20.7. The second-order valence-electron chi connectivity index (χ2n) is 10.4. The number of likely N-dealkylation sites (tertiary alicyclic amines) is 1. The van der Waals surface area contributed by atoms with Gasteiger partial charge in [-0.1, -0.05) is 0 Å². The number of alkyl halides is 6. The van der Waals surface area contributed by atoms with Gasteiger partial charge in [-0.2, -0.15) is 31.6 Å². The van der Waals surface area contributed by atoms with Crippen molar-refractivity contribution in [3.8, 4) is 11.8 Å². The van der Waals surface area contributed by atoms with Crippen LogP contribution in [0.5, 0.6) is 0 Å². The lowest BCUT2D eigenvalue weighted by Crippen LogP contribution is -2.53. The van der Waals surface area contributed by atoms with Crippen LogP contribution in [0.3, 0.4) is 0 Å². The molecule has 5 rings (SSSR count). The van der Waals surface area contributed by atoms with E-state index in [1.165, 1.54) is 6.92 Å². The van der Waals surface area contributed by atoms with E-state index in [-0.39, 0.29) is 25.8 Å². The molecule has 1 saturated heterocycles. The number of nitrogens with zero attached hydrogens (tertiary/aromatic N) is 6. The van der Waals surface area contributed by atoms with Gasteiger partial charge in [-0.05, 0) is 62.4 Å². The first-order valence-corrected chi connectivity index (χ1v) is 13.8. The Hall–Kier alpha value is -3.75. The van der Waals surface area contributed by atoms with Gasteiger partial charge in [-0.3, -0.25) is 9.59 Å². The van der Waals surface area contributed by atoms with Gasteiger partial charge in [-0.25, -0.2) is 8.42 Å². The zero-order valence-electron chi connectivity index (χ0n) is 21.1. The Morgan fingerprint density at radius 3 is 2.29 bits per heavy atom. The largest absolute Gasteiger partial charge is 0.417 e. The number of tetrazole rings is 1. The van der Waals surface area contributed by atoms with Gasteiger partial charge in [0.05, 0.1) is 27.5 Å². The molecule has 11 nitrogen and oxygen atoms in total. The molecule has 41 heavy (non-hydrogen) atoms. The SMILES string of the molecule is Cc1nnn(-c2ccc(S(=O)(=O)[C@@H]3C[C@@H](C(=O)NC4(C#N)CC4)N(C(=O)C4(C(F)(F)F)CC4)C3)c(C(F)(F)F)c2)n1.[HH]. The number of hydrogen-bond acceptors (Lipinski definition) is 8. The smallest absolute Gasteiger partial charge is 0.336 e. The highest BCUT2D eigenvalue weighted by molar-refractivity contribution is 7.92. The van der Waals surface area contributed by atoms with Gasteiger partial charge in [-0.15, -0.1) is 15.0 Å². The lowest BCUT2D eigenvalue weighted by Gasteiger charge is -2.29. The lowest BCUT2D eigenvalue weighted by atomic mass is 10.0. The molecule has 1 aromatic carbocycles. The number of halogens is 6. The number of carbonyl (C=O) groups excluding carboxylic acids is 2. The molecule has 2 aromatic rings. The lowest BCUT2D eigenvalue weighted by molar-refractivity contribution is -0.199. The minimum absolute atomic E-state index is 0. The van der Waals surface area contributed by atoms with Crippen molar-refractivity contribution >= 4 is 21.7 Å². The number of carbonyl (C=O) groups is 2. The number of hydrogen-bond donors (Lipinski definition) is 1. The van der Waals surface area contributed by atoms with Crippen molar-refractivity contribution in [3.05, 3.63) is 29.6 Å². The molecule has 1 aromatic heterocycles. The fourth-order valence-corrected chi connectivity index (χ4v) is 6.80. The molecule has 2 saturated carbocycles. The molecule has 0 radical (unpaired) electrons. The molecular formula is C23H23F6N7O4S. The van der Waals surface area contributed by atoms with Crippen molar-refractivity contribution in [1.29, 1.82) is 5.26 Å². The molecule has 18 heteroatoms. The molecule has 222 valence electrons. The summed E-state index contributed by atoms with van der Waals surface area (Å²) in [6.07, 6.45) is -11.6. The van der Waals surface area contributed by atoms with Crippen LogP contribution < -0.4 is 5.32 Å². The van der Waals surface area contributed by atoms with E-state index in [2.05, 4.69) is 20.7 Å². The van der Waals surface area contributed by atoms with Gasteiger partial charge in [0.25, 0.3) is 0 Å². The van der Waals surface area contributed by atoms with Crippen LogP contribution >= 0.6 is 0 Å². The van der Waals surface area contributed by atoms with Crippen LogP contribution in [-0.4, -0.2) is 74.9 Å². The number of amides is 2. The van der Waals surface area contributed by atoms with E-state index in [4.69, 9.17) is 0 Å². The van der Waals surface area contributed by atoms with Gasteiger partial charge >= 0.3 is 12.4 Å². The quantitative estimate of drug-likeness (QED) is 0.492. The molecule has 1 aliphatic heterocycles. The molecule has 0 unspecified atom stereocenters. The van der Waals surface area contributed by atoms with E-state index in [1.54, 1.807) is 0 Å². The molecular weight excluding hydrogens is 584 g/mol. The van der Waals surface area contributed by atoms with Crippen molar-refractivity contribution in [1.82, 2.24) is 30.4 Å². The van der Waals surface area contributed by atoms with Gasteiger partial charge in [0.2, 0.25) is 11.8 Å². The molecule has 0 bridgehead atoms. The maximum atomic E-state index is 14.1. The highest BCUT2D eigenvalue weighted by Gasteiger charge is 2.70. The Kier molecular flexibility index (Phi) is 6.40. The molecule has 1 N–H and O–H groups in total. The van der Waals surface area contributed by atoms with Crippen LogP contribution in [0.2, 0.25) is 0 Å². The summed E-state index contributed by atoms with van der Waals surface area (Å²) in [4.78, 5) is 26.3. The molecule has 2 atom stereocenters. The van der Waals surface area contributed by atoms with Gasteiger partial charge in [0.15, 0.2) is 15.7 Å². The number of rotatable bonds is 6. The molecule has 2 heterocycles. The van der Waals surface area contributed by atoms with E-state index < -0.39 is 92.5 Å². The second-order valence-corrected chi connectivity index (χ2v) is 12.6. The number of benzene rings is 1. The predicted molar refractivity (Wildman–Crippen MR) is 126 cm³/mol. The molecule has 3 aliphatic rings. The van der Waals surface area contributed by atoms with E-state index >= 15 is 0 Å². The summed E-state index contributed by atoms with van der Waals surface area (Å²) in [6, 6.07) is 2.26. The fraction of sp³-hybridized carbons (Fsp3) is 0.565. The van der Waals surface area contributed by atoms with Crippen LogP contribution in [0.1, 0.15) is 44.9 Å². The first kappa shape index (κ1) is 28.8. The maximum absolute atomic E-state index is 14.1. The number of aromatic nitrogens is 4. The number of aryl methyl sites for hydroxylation is 1. The molecule has 2 amide bonds. The maximum Gasteiger partial charge on any atom is 0.417 e. The summed E-state index contributed by atoms with van der Waals surface area (Å²) in [6.45, 7) is 0.485. The van der Waals surface area contributed by atoms with E-state index in [1.807, 2.05) is 6.07 Å². The van der Waals surface area contributed by atoms with Crippen LogP contribution in [0, 0.1) is 23.7 Å². The third-order valence-electron chi connectivity index (χ3n) is 7.61. The van der Waals surface area contributed by atoms with Crippen molar-refractivity contribution in [2.45, 2.75) is 73.1 Å². The van der Waals surface area contributed by atoms with Crippen molar-refractivity contribution in [2.24, 2.45) is 5.41 Å². The molecule has 0 spiro atoms. The summed E-state index contributed by atoms with van der Waals surface area (Å²) >= 11 is 0. The third kappa shape index (κ3) is 4.89. The highest BCUT2D eigenvalue weighted by Crippen LogP contribution is 2.59. The minimum Gasteiger partial charge on any atom is -0.336 e. The summed E-state index contributed by atoms with van der Waals surface area (Å²) in [5.74, 6) is -2.44. The van der Waals surface area contributed by atoms with E-state index in [9.17, 15) is 49.6 Å². The molecule has 3 fully saturated rings. The standard InChI is InChI=1S/C23H21F6N7O4S.H2/c1-12-32-34-36(33-12)13-2-3-17(15(8-13)22(24,25)26)41(39,40)14-9-16(18(37)31-20(11-30)4-5-20)35(10-14)19(38)21(6-7-21)23(27,28)29;/h2-3,8,14,16H,4-7,9-10H2,1H3,(H,31,37);1H/t14-,16+;/m1./s1.